The van der Waals surface area contributed by atoms with Crippen molar-refractivity contribution >= 4 is 43.5 Å². The molecule has 1 atom stereocenters. The molecule has 0 nitrogen and oxygen atoms in total. The molecule has 0 fully saturated rings. The Labute approximate surface area is 138 Å². The maximum absolute atomic E-state index is 14.0. The summed E-state index contributed by atoms with van der Waals surface area (Å²) in [6.07, 6.45) is 0.219. The summed E-state index contributed by atoms with van der Waals surface area (Å²) in [7, 11) is 0. The van der Waals surface area contributed by atoms with Gasteiger partial charge in [-0.3, -0.25) is 0 Å². The highest BCUT2D eigenvalue weighted by Gasteiger charge is 2.19. The molecule has 2 rings (SSSR count). The van der Waals surface area contributed by atoms with Gasteiger partial charge in [0, 0.05) is 21.8 Å². The maximum Gasteiger partial charge on any atom is 0.143 e. The van der Waals surface area contributed by atoms with Crippen LogP contribution in [0.3, 0.4) is 0 Å². The number of alkyl halides is 1. The van der Waals surface area contributed by atoms with E-state index in [9.17, 15) is 8.78 Å². The zero-order chi connectivity index (χ0) is 14.7. The topological polar surface area (TPSA) is 0 Å². The van der Waals surface area contributed by atoms with Crippen LogP contribution in [0.2, 0.25) is 0 Å². The first-order valence-corrected chi connectivity index (χ1v) is 8.08. The fraction of sp³-hybridized carbons (Fsp3) is 0.200. The van der Waals surface area contributed by atoms with E-state index in [1.165, 1.54) is 12.1 Å². The Hall–Kier alpha value is -0.450. The standard InChI is InChI=1S/C15H11Br2ClF2/c16-11-3-1-2-9(6-11)10(8-18)7-12-14(19)5-4-13(17)15(12)20/h1-6,10H,7-8H2. The van der Waals surface area contributed by atoms with Crippen molar-refractivity contribution in [2.75, 3.05) is 5.88 Å². The fourth-order valence-electron chi connectivity index (χ4n) is 2.02. The molecular formula is C15H11Br2ClF2. The molecule has 0 heterocycles. The van der Waals surface area contributed by atoms with Gasteiger partial charge in [0.05, 0.1) is 4.47 Å². The van der Waals surface area contributed by atoms with E-state index >= 15 is 0 Å². The van der Waals surface area contributed by atoms with Gasteiger partial charge < -0.3 is 0 Å². The minimum atomic E-state index is -0.560. The third kappa shape index (κ3) is 3.60. The molecular weight excluding hydrogens is 413 g/mol. The van der Waals surface area contributed by atoms with Crippen LogP contribution in [0.25, 0.3) is 0 Å². The lowest BCUT2D eigenvalue weighted by atomic mass is 9.93. The molecule has 0 saturated carbocycles. The molecule has 0 radical (unpaired) electrons. The molecule has 0 aromatic heterocycles. The van der Waals surface area contributed by atoms with Crippen LogP contribution in [-0.4, -0.2) is 5.88 Å². The smallest absolute Gasteiger partial charge is 0.143 e. The normalized spacial score (nSPS) is 12.4. The van der Waals surface area contributed by atoms with Crippen molar-refractivity contribution in [1.29, 1.82) is 0 Å². The summed E-state index contributed by atoms with van der Waals surface area (Å²) < 4.78 is 29.0. The van der Waals surface area contributed by atoms with Crippen molar-refractivity contribution in [1.82, 2.24) is 0 Å². The maximum atomic E-state index is 14.0. The Morgan fingerprint density at radius 3 is 2.50 bits per heavy atom. The molecule has 1 unspecified atom stereocenters. The Balaban J connectivity index is 2.34. The zero-order valence-corrected chi connectivity index (χ0v) is 14.3. The first-order chi connectivity index (χ1) is 9.52. The molecule has 0 aliphatic carbocycles. The molecule has 2 aromatic carbocycles. The van der Waals surface area contributed by atoms with Gasteiger partial charge in [-0.25, -0.2) is 8.78 Å². The SMILES string of the molecule is Fc1ccc(Br)c(F)c1CC(CCl)c1cccc(Br)c1. The lowest BCUT2D eigenvalue weighted by Crippen LogP contribution is -2.08. The van der Waals surface area contributed by atoms with E-state index in [4.69, 9.17) is 11.6 Å². The van der Waals surface area contributed by atoms with Crippen LogP contribution in [0.15, 0.2) is 45.3 Å². The minimum absolute atomic E-state index is 0.0602. The molecule has 0 aliphatic heterocycles. The van der Waals surface area contributed by atoms with Crippen molar-refractivity contribution in [3.63, 3.8) is 0 Å². The van der Waals surface area contributed by atoms with Crippen LogP contribution in [-0.2, 0) is 6.42 Å². The lowest BCUT2D eigenvalue weighted by Gasteiger charge is -2.16. The number of halogens is 5. The third-order valence-corrected chi connectivity index (χ3v) is 4.57. The molecule has 2 aromatic rings. The minimum Gasteiger partial charge on any atom is -0.207 e. The van der Waals surface area contributed by atoms with E-state index in [-0.39, 0.29) is 22.4 Å². The summed E-state index contributed by atoms with van der Waals surface area (Å²) in [5.41, 5.74) is 1.01. The molecule has 0 N–H and O–H groups in total. The van der Waals surface area contributed by atoms with E-state index in [0.717, 1.165) is 10.0 Å². The van der Waals surface area contributed by atoms with Gasteiger partial charge in [-0.05, 0) is 52.2 Å². The van der Waals surface area contributed by atoms with Crippen molar-refractivity contribution in [2.45, 2.75) is 12.3 Å². The van der Waals surface area contributed by atoms with Crippen LogP contribution in [0.4, 0.5) is 8.78 Å². The van der Waals surface area contributed by atoms with Crippen LogP contribution < -0.4 is 0 Å². The average Bonchev–Trinajstić information content (AvgIpc) is 2.43. The highest BCUT2D eigenvalue weighted by Crippen LogP contribution is 2.29. The predicted octanol–water partition coefficient (Wildman–Crippen LogP) is 6.05. The lowest BCUT2D eigenvalue weighted by molar-refractivity contribution is 0.540. The van der Waals surface area contributed by atoms with Gasteiger partial charge in [-0.2, -0.15) is 0 Å². The molecule has 106 valence electrons. The molecule has 0 spiro atoms. The molecule has 0 bridgehead atoms. The molecule has 20 heavy (non-hydrogen) atoms. The Morgan fingerprint density at radius 1 is 1.10 bits per heavy atom. The largest absolute Gasteiger partial charge is 0.207 e. The number of rotatable bonds is 4. The molecule has 0 amide bonds. The second-order valence-electron chi connectivity index (χ2n) is 4.43. The van der Waals surface area contributed by atoms with Gasteiger partial charge in [-0.1, -0.05) is 28.1 Å². The van der Waals surface area contributed by atoms with E-state index in [2.05, 4.69) is 31.9 Å². The van der Waals surface area contributed by atoms with Crippen molar-refractivity contribution < 1.29 is 8.78 Å². The Morgan fingerprint density at radius 2 is 1.85 bits per heavy atom. The monoisotopic (exact) mass is 422 g/mol. The number of hydrogen-bond acceptors (Lipinski definition) is 0. The van der Waals surface area contributed by atoms with Crippen molar-refractivity contribution in [3.8, 4) is 0 Å². The predicted molar refractivity (Wildman–Crippen MR) is 85.4 cm³/mol. The quantitative estimate of drug-likeness (QED) is 0.414. The summed E-state index contributed by atoms with van der Waals surface area (Å²) in [5.74, 6) is -0.958. The molecule has 5 heteroatoms. The first-order valence-electron chi connectivity index (χ1n) is 5.96. The van der Waals surface area contributed by atoms with E-state index in [1.807, 2.05) is 24.3 Å². The van der Waals surface area contributed by atoms with Gasteiger partial charge in [0.15, 0.2) is 0 Å². The van der Waals surface area contributed by atoms with Crippen LogP contribution in [0.5, 0.6) is 0 Å². The van der Waals surface area contributed by atoms with E-state index in [1.54, 1.807) is 0 Å². The van der Waals surface area contributed by atoms with Crippen molar-refractivity contribution in [3.05, 3.63) is 68.1 Å². The van der Waals surface area contributed by atoms with E-state index < -0.39 is 11.6 Å². The summed E-state index contributed by atoms with van der Waals surface area (Å²) in [5, 5.41) is 0. The second-order valence-corrected chi connectivity index (χ2v) is 6.51. The van der Waals surface area contributed by atoms with Gasteiger partial charge >= 0.3 is 0 Å². The van der Waals surface area contributed by atoms with Gasteiger partial charge in [0.25, 0.3) is 0 Å². The van der Waals surface area contributed by atoms with Crippen molar-refractivity contribution in [2.24, 2.45) is 0 Å². The van der Waals surface area contributed by atoms with Gasteiger partial charge in [0.1, 0.15) is 11.6 Å². The second kappa shape index (κ2) is 7.01. The highest BCUT2D eigenvalue weighted by molar-refractivity contribution is 9.10. The van der Waals surface area contributed by atoms with E-state index in [0.29, 0.717) is 5.88 Å². The third-order valence-electron chi connectivity index (χ3n) is 3.10. The molecule has 0 saturated heterocycles. The summed E-state index contributed by atoms with van der Waals surface area (Å²) in [4.78, 5) is 0. The Kier molecular flexibility index (Phi) is 5.58. The summed E-state index contributed by atoms with van der Waals surface area (Å²) in [6.45, 7) is 0. The van der Waals surface area contributed by atoms with Gasteiger partial charge in [0.2, 0.25) is 0 Å². The first kappa shape index (κ1) is 15.9. The van der Waals surface area contributed by atoms with Gasteiger partial charge in [-0.15, -0.1) is 11.6 Å². The summed E-state index contributed by atoms with van der Waals surface area (Å²) >= 11 is 12.4. The average molecular weight is 425 g/mol. The highest BCUT2D eigenvalue weighted by atomic mass is 79.9. The fourth-order valence-corrected chi connectivity index (χ4v) is 3.10. The number of benzene rings is 2. The zero-order valence-electron chi connectivity index (χ0n) is 10.3. The molecule has 0 aliphatic rings. The van der Waals surface area contributed by atoms with Crippen LogP contribution in [0.1, 0.15) is 17.0 Å². The van der Waals surface area contributed by atoms with Crippen LogP contribution >= 0.6 is 43.5 Å². The Bertz CT molecular complexity index is 617. The summed E-state index contributed by atoms with van der Waals surface area (Å²) in [6, 6.07) is 10.2. The van der Waals surface area contributed by atoms with Crippen LogP contribution in [0, 0.1) is 11.6 Å². The number of hydrogen-bond donors (Lipinski definition) is 0.